The predicted octanol–water partition coefficient (Wildman–Crippen LogP) is 6.49. The van der Waals surface area contributed by atoms with E-state index in [4.69, 9.17) is 9.84 Å². The molecule has 0 rings (SSSR count). The van der Waals surface area contributed by atoms with Gasteiger partial charge in [-0.05, 0) is 77.3 Å². The van der Waals surface area contributed by atoms with Crippen LogP contribution in [0.5, 0.6) is 0 Å². The SMILES string of the molecule is CCCCC/C=C\C/C=C\CCCCCCCC(=O)OCCCCNCCCCO. The van der Waals surface area contributed by atoms with E-state index in [9.17, 15) is 4.79 Å². The molecule has 0 aliphatic rings. The summed E-state index contributed by atoms with van der Waals surface area (Å²) >= 11 is 0. The molecule has 0 unspecified atom stereocenters. The van der Waals surface area contributed by atoms with Gasteiger partial charge in [-0.3, -0.25) is 4.79 Å². The number of hydrogen-bond donors (Lipinski definition) is 2. The van der Waals surface area contributed by atoms with Crippen molar-refractivity contribution in [2.45, 2.75) is 110 Å². The van der Waals surface area contributed by atoms with Gasteiger partial charge in [0.15, 0.2) is 0 Å². The lowest BCUT2D eigenvalue weighted by Gasteiger charge is -2.06. The average molecular weight is 424 g/mol. The molecule has 2 N–H and O–H groups in total. The zero-order valence-electron chi connectivity index (χ0n) is 19.7. The first kappa shape index (κ1) is 28.9. The van der Waals surface area contributed by atoms with Gasteiger partial charge in [0, 0.05) is 13.0 Å². The smallest absolute Gasteiger partial charge is 0.305 e. The number of esters is 1. The summed E-state index contributed by atoms with van der Waals surface area (Å²) < 4.78 is 5.29. The predicted molar refractivity (Wildman–Crippen MR) is 129 cm³/mol. The molecule has 30 heavy (non-hydrogen) atoms. The van der Waals surface area contributed by atoms with Crippen LogP contribution in [0.15, 0.2) is 24.3 Å². The molecule has 0 radical (unpaired) electrons. The minimum atomic E-state index is -0.0448. The van der Waals surface area contributed by atoms with Crippen LogP contribution in [0, 0.1) is 0 Å². The van der Waals surface area contributed by atoms with Crippen molar-refractivity contribution in [1.29, 1.82) is 0 Å². The molecule has 0 saturated heterocycles. The topological polar surface area (TPSA) is 58.6 Å². The van der Waals surface area contributed by atoms with Crippen molar-refractivity contribution in [2.24, 2.45) is 0 Å². The monoisotopic (exact) mass is 423 g/mol. The van der Waals surface area contributed by atoms with Crippen LogP contribution in [-0.4, -0.2) is 37.4 Å². The van der Waals surface area contributed by atoms with E-state index in [0.717, 1.165) is 58.0 Å². The second-order valence-electron chi connectivity index (χ2n) is 8.09. The van der Waals surface area contributed by atoms with Crippen LogP contribution >= 0.6 is 0 Å². The first-order chi connectivity index (χ1) is 14.8. The number of ether oxygens (including phenoxy) is 1. The molecule has 0 amide bonds. The Bertz CT molecular complexity index is 407. The molecule has 4 heteroatoms. The molecule has 0 fully saturated rings. The van der Waals surface area contributed by atoms with Crippen molar-refractivity contribution < 1.29 is 14.6 Å². The van der Waals surface area contributed by atoms with E-state index >= 15 is 0 Å². The van der Waals surface area contributed by atoms with Gasteiger partial charge in [-0.2, -0.15) is 0 Å². The summed E-state index contributed by atoms with van der Waals surface area (Å²) in [6.45, 7) is 4.96. The van der Waals surface area contributed by atoms with E-state index in [2.05, 4.69) is 36.5 Å². The van der Waals surface area contributed by atoms with Crippen LogP contribution in [0.3, 0.4) is 0 Å². The number of rotatable bonds is 23. The fourth-order valence-corrected chi connectivity index (χ4v) is 3.18. The van der Waals surface area contributed by atoms with Crippen LogP contribution < -0.4 is 5.32 Å². The van der Waals surface area contributed by atoms with Crippen LogP contribution in [0.25, 0.3) is 0 Å². The molecule has 0 heterocycles. The third kappa shape index (κ3) is 24.9. The standard InChI is InChI=1S/C26H49NO3/c1-2-3-4-5-6-7-8-9-10-11-12-13-14-15-16-21-26(29)30-25-20-18-23-27-22-17-19-24-28/h6-7,9-10,27-28H,2-5,8,11-25H2,1H3/b7-6-,10-9-. The number of unbranched alkanes of at least 4 members (excludes halogenated alkanes) is 10. The second kappa shape index (κ2) is 25.9. The molecular weight excluding hydrogens is 374 g/mol. The summed E-state index contributed by atoms with van der Waals surface area (Å²) in [5, 5.41) is 12.0. The molecule has 0 aromatic carbocycles. The number of carbonyl (C=O) groups is 1. The Morgan fingerprint density at radius 1 is 0.767 bits per heavy atom. The number of nitrogens with one attached hydrogen (secondary N) is 1. The Hall–Kier alpha value is -1.13. The molecule has 0 aliphatic heterocycles. The number of allylic oxidation sites excluding steroid dienone is 4. The number of aliphatic hydroxyl groups excluding tert-OH is 1. The molecule has 0 aliphatic carbocycles. The summed E-state index contributed by atoms with van der Waals surface area (Å²) in [7, 11) is 0. The molecule has 176 valence electrons. The molecule has 0 aromatic rings. The number of carbonyl (C=O) groups excluding carboxylic acids is 1. The summed E-state index contributed by atoms with van der Waals surface area (Å²) in [6.07, 6.45) is 26.7. The van der Waals surface area contributed by atoms with Crippen LogP contribution in [0.2, 0.25) is 0 Å². The highest BCUT2D eigenvalue weighted by Gasteiger charge is 2.02. The highest BCUT2D eigenvalue weighted by molar-refractivity contribution is 5.69. The zero-order chi connectivity index (χ0) is 22.0. The Balaban J connectivity index is 3.25. The summed E-state index contributed by atoms with van der Waals surface area (Å²) in [5.74, 6) is -0.0448. The fourth-order valence-electron chi connectivity index (χ4n) is 3.18. The van der Waals surface area contributed by atoms with Gasteiger partial charge in [-0.1, -0.05) is 63.3 Å². The van der Waals surface area contributed by atoms with E-state index < -0.39 is 0 Å². The molecule has 0 spiro atoms. The van der Waals surface area contributed by atoms with E-state index in [1.165, 1.54) is 51.4 Å². The van der Waals surface area contributed by atoms with Gasteiger partial charge in [-0.15, -0.1) is 0 Å². The van der Waals surface area contributed by atoms with Crippen molar-refractivity contribution in [3.8, 4) is 0 Å². The quantitative estimate of drug-likeness (QED) is 0.112. The maximum absolute atomic E-state index is 11.7. The summed E-state index contributed by atoms with van der Waals surface area (Å²) in [5.41, 5.74) is 0. The zero-order valence-corrected chi connectivity index (χ0v) is 19.7. The molecule has 4 nitrogen and oxygen atoms in total. The number of hydrogen-bond acceptors (Lipinski definition) is 4. The van der Waals surface area contributed by atoms with Crippen molar-refractivity contribution in [2.75, 3.05) is 26.3 Å². The third-order valence-electron chi connectivity index (χ3n) is 5.10. The van der Waals surface area contributed by atoms with Crippen LogP contribution in [-0.2, 0) is 9.53 Å². The van der Waals surface area contributed by atoms with Crippen LogP contribution in [0.1, 0.15) is 110 Å². The first-order valence-corrected chi connectivity index (χ1v) is 12.6. The van der Waals surface area contributed by atoms with E-state index in [1.807, 2.05) is 0 Å². The minimum absolute atomic E-state index is 0.0448. The lowest BCUT2D eigenvalue weighted by Crippen LogP contribution is -2.17. The highest BCUT2D eigenvalue weighted by atomic mass is 16.5. The van der Waals surface area contributed by atoms with Crippen LogP contribution in [0.4, 0.5) is 0 Å². The minimum Gasteiger partial charge on any atom is -0.466 e. The van der Waals surface area contributed by atoms with Gasteiger partial charge in [-0.25, -0.2) is 0 Å². The van der Waals surface area contributed by atoms with Gasteiger partial charge in [0.25, 0.3) is 0 Å². The lowest BCUT2D eigenvalue weighted by molar-refractivity contribution is -0.143. The van der Waals surface area contributed by atoms with Gasteiger partial charge in [0.05, 0.1) is 6.61 Å². The first-order valence-electron chi connectivity index (χ1n) is 12.6. The normalized spacial score (nSPS) is 11.7. The van der Waals surface area contributed by atoms with Crippen molar-refractivity contribution in [3.63, 3.8) is 0 Å². The Morgan fingerprint density at radius 2 is 1.40 bits per heavy atom. The van der Waals surface area contributed by atoms with E-state index in [0.29, 0.717) is 13.0 Å². The molecule has 0 atom stereocenters. The summed E-state index contributed by atoms with van der Waals surface area (Å²) in [4.78, 5) is 11.7. The van der Waals surface area contributed by atoms with E-state index in [-0.39, 0.29) is 12.6 Å². The Morgan fingerprint density at radius 3 is 2.10 bits per heavy atom. The molecule has 0 saturated carbocycles. The fraction of sp³-hybridized carbons (Fsp3) is 0.808. The van der Waals surface area contributed by atoms with Gasteiger partial charge < -0.3 is 15.2 Å². The Kier molecular flexibility index (Phi) is 24.9. The third-order valence-corrected chi connectivity index (χ3v) is 5.10. The lowest BCUT2D eigenvalue weighted by atomic mass is 10.1. The molecule has 0 bridgehead atoms. The molecule has 0 aromatic heterocycles. The summed E-state index contributed by atoms with van der Waals surface area (Å²) in [6, 6.07) is 0. The van der Waals surface area contributed by atoms with Gasteiger partial charge in [0.1, 0.15) is 0 Å². The van der Waals surface area contributed by atoms with Gasteiger partial charge >= 0.3 is 5.97 Å². The highest BCUT2D eigenvalue weighted by Crippen LogP contribution is 2.09. The molecular formula is C26H49NO3. The Labute approximate surface area is 186 Å². The van der Waals surface area contributed by atoms with Gasteiger partial charge in [0.2, 0.25) is 0 Å². The average Bonchev–Trinajstić information content (AvgIpc) is 2.75. The maximum atomic E-state index is 11.7. The van der Waals surface area contributed by atoms with Crippen molar-refractivity contribution in [3.05, 3.63) is 24.3 Å². The second-order valence-corrected chi connectivity index (χ2v) is 8.09. The van der Waals surface area contributed by atoms with Crippen molar-refractivity contribution in [1.82, 2.24) is 5.32 Å². The van der Waals surface area contributed by atoms with E-state index in [1.54, 1.807) is 0 Å². The van der Waals surface area contributed by atoms with Crippen molar-refractivity contribution >= 4 is 5.97 Å². The maximum Gasteiger partial charge on any atom is 0.305 e. The number of aliphatic hydroxyl groups is 1. The largest absolute Gasteiger partial charge is 0.466 e.